The summed E-state index contributed by atoms with van der Waals surface area (Å²) in [6.45, 7) is 26.0. The fourth-order valence-corrected chi connectivity index (χ4v) is 6.42. The minimum Gasteiger partial charge on any atom is -0.480 e. The summed E-state index contributed by atoms with van der Waals surface area (Å²) in [7, 11) is 0. The summed E-state index contributed by atoms with van der Waals surface area (Å²) >= 11 is 0. The minimum absolute atomic E-state index is 0.0161. The number of carbonyl (C=O) groups is 9. The van der Waals surface area contributed by atoms with Crippen LogP contribution in [-0.4, -0.2) is 113 Å². The Balaban J connectivity index is 6.14. The van der Waals surface area contributed by atoms with Crippen molar-refractivity contribution in [2.45, 2.75) is 178 Å². The van der Waals surface area contributed by atoms with E-state index >= 15 is 0 Å². The molecule has 0 aromatic carbocycles. The van der Waals surface area contributed by atoms with E-state index in [0.29, 0.717) is 6.42 Å². The smallest absolute Gasteiger partial charge is 0.326 e. The van der Waals surface area contributed by atoms with E-state index in [2.05, 4.69) is 42.5 Å². The molecule has 0 fully saturated rings. The molecule has 19 nitrogen and oxygen atoms in total. The Hall–Kier alpha value is -4.81. The maximum atomic E-state index is 14.0. The lowest BCUT2D eigenvalue weighted by Crippen LogP contribution is -2.61. The third kappa shape index (κ3) is 22.4. The molecule has 0 saturated heterocycles. The molecule has 0 aromatic rings. The summed E-state index contributed by atoms with van der Waals surface area (Å²) in [5, 5.41) is 30.4. The van der Waals surface area contributed by atoms with Crippen LogP contribution in [0.4, 0.5) is 0 Å². The molecule has 8 atom stereocenters. The Morgan fingerprint density at radius 1 is 0.397 bits per heavy atom. The third-order valence-electron chi connectivity index (χ3n) is 10.1. The highest BCUT2D eigenvalue weighted by Crippen LogP contribution is 2.14. The molecule has 0 aliphatic carbocycles. The van der Waals surface area contributed by atoms with Crippen LogP contribution in [0.15, 0.2) is 0 Å². The average Bonchev–Trinajstić information content (AvgIpc) is 3.14. The highest BCUT2D eigenvalue weighted by Gasteiger charge is 2.35. The predicted octanol–water partition coefficient (Wildman–Crippen LogP) is 1.08. The lowest BCUT2D eigenvalue weighted by Gasteiger charge is -2.30. The number of carboxylic acids is 1. The van der Waals surface area contributed by atoms with E-state index in [0.717, 1.165) is 0 Å². The van der Waals surface area contributed by atoms with E-state index in [1.54, 1.807) is 41.5 Å². The summed E-state index contributed by atoms with van der Waals surface area (Å²) in [6, 6.07) is -8.58. The fourth-order valence-electron chi connectivity index (χ4n) is 6.42. The number of carbonyl (C=O) groups excluding carboxylic acids is 8. The maximum Gasteiger partial charge on any atom is 0.326 e. The zero-order valence-corrected chi connectivity index (χ0v) is 40.4. The second-order valence-electron chi connectivity index (χ2n) is 19.3. The monoisotopic (exact) mass is 896 g/mol. The first-order valence-corrected chi connectivity index (χ1v) is 22.4. The molecule has 0 heterocycles. The SMILES string of the molecule is CC(C)C[C@H](NC(=O)[C@H](CC(C)C)NC(=O)[C@@H](N)C(C)C)C(=O)N[C@@H](CC(C)C)C(=O)N[C@H](C(=O)N[C@@H](CC(C)C)C(=O)N[C@@H](C)C(=O)NCC(=O)N[C@H](C(=O)O)C(C)C)C(C)C. The van der Waals surface area contributed by atoms with Crippen molar-refractivity contribution < 1.29 is 48.3 Å². The number of nitrogens with one attached hydrogen (secondary N) is 8. The second-order valence-corrected chi connectivity index (χ2v) is 19.3. The molecule has 0 aromatic heterocycles. The van der Waals surface area contributed by atoms with Gasteiger partial charge in [-0.15, -0.1) is 0 Å². The second kappa shape index (κ2) is 28.1. The zero-order chi connectivity index (χ0) is 49.0. The number of hydrogen-bond acceptors (Lipinski definition) is 10. The van der Waals surface area contributed by atoms with Gasteiger partial charge in [-0.25, -0.2) is 4.79 Å². The van der Waals surface area contributed by atoms with Crippen molar-refractivity contribution in [2.75, 3.05) is 6.54 Å². The Morgan fingerprint density at radius 3 is 1.06 bits per heavy atom. The molecule has 0 saturated carbocycles. The molecule has 0 radical (unpaired) electrons. The van der Waals surface area contributed by atoms with Crippen molar-refractivity contribution in [3.63, 3.8) is 0 Å². The number of nitrogens with two attached hydrogens (primary N) is 1. The highest BCUT2D eigenvalue weighted by atomic mass is 16.4. The van der Waals surface area contributed by atoms with E-state index < -0.39 is 120 Å². The van der Waals surface area contributed by atoms with Gasteiger partial charge in [-0.2, -0.15) is 0 Å². The van der Waals surface area contributed by atoms with Crippen molar-refractivity contribution in [1.82, 2.24) is 42.5 Å². The summed E-state index contributed by atoms with van der Waals surface area (Å²) in [6.07, 6.45) is 0.864. The van der Waals surface area contributed by atoms with Crippen molar-refractivity contribution in [3.05, 3.63) is 0 Å². The van der Waals surface area contributed by atoms with Crippen LogP contribution in [0, 0.1) is 41.4 Å². The Kier molecular flexibility index (Phi) is 25.9. The van der Waals surface area contributed by atoms with Gasteiger partial charge < -0.3 is 53.4 Å². The first-order valence-electron chi connectivity index (χ1n) is 22.4. The van der Waals surface area contributed by atoms with E-state index in [1.807, 2.05) is 55.4 Å². The summed E-state index contributed by atoms with van der Waals surface area (Å²) in [5.74, 6) is -7.65. The fraction of sp³-hybridized carbons (Fsp3) is 0.795. The Bertz CT molecular complexity index is 1550. The standard InChI is InChI=1S/C44H81N9O10/c1-21(2)16-29(38(56)47-28(15)37(55)46-20-33(54)52-36(27(13)14)44(62)63)51-43(61)35(26(11)12)53-41(59)32(19-24(7)8)49-39(57)30(17-22(3)4)48-40(58)31(18-23(5)6)50-42(60)34(45)25(9)10/h21-32,34-36H,16-20,45H2,1-15H3,(H,46,55)(H,47,56)(H,48,58)(H,49,57)(H,50,60)(H,51,61)(H,52,54)(H,53,59)(H,62,63)/t28-,29-,30-,31-,32-,34-,35-,36-/m0/s1. The van der Waals surface area contributed by atoms with Gasteiger partial charge in [0.15, 0.2) is 0 Å². The van der Waals surface area contributed by atoms with Crippen molar-refractivity contribution in [3.8, 4) is 0 Å². The number of rotatable bonds is 28. The van der Waals surface area contributed by atoms with Crippen LogP contribution in [0.1, 0.15) is 130 Å². The topological polar surface area (TPSA) is 296 Å². The Morgan fingerprint density at radius 2 is 0.730 bits per heavy atom. The van der Waals surface area contributed by atoms with Gasteiger partial charge in [0.05, 0.1) is 12.6 Å². The van der Waals surface area contributed by atoms with Crippen LogP contribution in [-0.2, 0) is 43.2 Å². The van der Waals surface area contributed by atoms with Gasteiger partial charge in [0.1, 0.15) is 42.3 Å². The highest BCUT2D eigenvalue weighted by molar-refractivity contribution is 5.97. The molecule has 0 aliphatic heterocycles. The van der Waals surface area contributed by atoms with E-state index in [4.69, 9.17) is 5.73 Å². The lowest BCUT2D eigenvalue weighted by molar-refractivity contribution is -0.143. The van der Waals surface area contributed by atoms with Crippen LogP contribution >= 0.6 is 0 Å². The van der Waals surface area contributed by atoms with Crippen molar-refractivity contribution in [1.29, 1.82) is 0 Å². The molecular weight excluding hydrogens is 815 g/mol. The van der Waals surface area contributed by atoms with Crippen LogP contribution in [0.3, 0.4) is 0 Å². The average molecular weight is 896 g/mol. The molecule has 0 bridgehead atoms. The molecule has 19 heteroatoms. The summed E-state index contributed by atoms with van der Waals surface area (Å²) < 4.78 is 0. The van der Waals surface area contributed by atoms with Gasteiger partial charge in [-0.05, 0) is 74.0 Å². The van der Waals surface area contributed by atoms with Gasteiger partial charge in [0, 0.05) is 0 Å². The van der Waals surface area contributed by atoms with Gasteiger partial charge in [-0.1, -0.05) is 96.9 Å². The molecule has 362 valence electrons. The molecule has 0 unspecified atom stereocenters. The van der Waals surface area contributed by atoms with E-state index in [9.17, 15) is 48.3 Å². The molecule has 0 rings (SSSR count). The molecular formula is C44H81N9O10. The number of amides is 8. The molecule has 11 N–H and O–H groups in total. The van der Waals surface area contributed by atoms with Crippen LogP contribution in [0.2, 0.25) is 0 Å². The minimum atomic E-state index is -1.22. The molecule has 8 amide bonds. The predicted molar refractivity (Wildman–Crippen MR) is 240 cm³/mol. The van der Waals surface area contributed by atoms with Crippen LogP contribution in [0.5, 0.6) is 0 Å². The van der Waals surface area contributed by atoms with Crippen molar-refractivity contribution in [2.24, 2.45) is 47.2 Å². The summed E-state index contributed by atoms with van der Waals surface area (Å²) in [4.78, 5) is 118. The molecule has 63 heavy (non-hydrogen) atoms. The number of hydrogen-bond donors (Lipinski definition) is 10. The van der Waals surface area contributed by atoms with E-state index in [-0.39, 0.29) is 48.9 Å². The van der Waals surface area contributed by atoms with Gasteiger partial charge >= 0.3 is 5.97 Å². The number of carboxylic acid groups (broad SMARTS) is 1. The quantitative estimate of drug-likeness (QED) is 0.0530. The number of aliphatic carboxylic acids is 1. The van der Waals surface area contributed by atoms with Crippen LogP contribution in [0.25, 0.3) is 0 Å². The maximum absolute atomic E-state index is 14.0. The lowest BCUT2D eigenvalue weighted by atomic mass is 9.97. The van der Waals surface area contributed by atoms with Gasteiger partial charge in [-0.3, -0.25) is 38.4 Å². The third-order valence-corrected chi connectivity index (χ3v) is 10.1. The van der Waals surface area contributed by atoms with Gasteiger partial charge in [0.25, 0.3) is 0 Å². The molecule has 0 spiro atoms. The molecule has 0 aliphatic rings. The van der Waals surface area contributed by atoms with Gasteiger partial charge in [0.2, 0.25) is 47.3 Å². The summed E-state index contributed by atoms with van der Waals surface area (Å²) in [5.41, 5.74) is 6.05. The Labute approximate surface area is 374 Å². The largest absolute Gasteiger partial charge is 0.480 e. The first kappa shape index (κ1) is 58.2. The van der Waals surface area contributed by atoms with E-state index in [1.165, 1.54) is 6.92 Å². The van der Waals surface area contributed by atoms with Crippen LogP contribution < -0.4 is 48.3 Å². The zero-order valence-electron chi connectivity index (χ0n) is 40.4. The van der Waals surface area contributed by atoms with Crippen molar-refractivity contribution >= 4 is 53.2 Å². The normalized spacial score (nSPS) is 15.5. The first-order chi connectivity index (χ1) is 29.0.